The van der Waals surface area contributed by atoms with E-state index in [0.717, 1.165) is 12.2 Å². The molecule has 0 fully saturated rings. The SMILES string of the molecule is COC(=O)/C=C/C(=O)OCCNC(N)=O. The number of ether oxygens (including phenoxy) is 2. The molecule has 15 heavy (non-hydrogen) atoms. The zero-order valence-electron chi connectivity index (χ0n) is 8.19. The van der Waals surface area contributed by atoms with Crippen LogP contribution in [0.4, 0.5) is 4.79 Å². The number of carbonyl (C=O) groups is 3. The summed E-state index contributed by atoms with van der Waals surface area (Å²) < 4.78 is 8.83. The van der Waals surface area contributed by atoms with E-state index in [2.05, 4.69) is 14.8 Å². The third-order valence-electron chi connectivity index (χ3n) is 1.20. The van der Waals surface area contributed by atoms with Gasteiger partial charge in [-0.2, -0.15) is 0 Å². The van der Waals surface area contributed by atoms with E-state index in [9.17, 15) is 14.4 Å². The molecule has 0 atom stereocenters. The Morgan fingerprint density at radius 2 is 1.87 bits per heavy atom. The molecule has 0 aliphatic heterocycles. The zero-order valence-corrected chi connectivity index (χ0v) is 8.19. The smallest absolute Gasteiger partial charge is 0.331 e. The lowest BCUT2D eigenvalue weighted by atomic mass is 10.5. The van der Waals surface area contributed by atoms with E-state index in [-0.39, 0.29) is 13.2 Å². The van der Waals surface area contributed by atoms with Crippen LogP contribution < -0.4 is 11.1 Å². The van der Waals surface area contributed by atoms with Crippen LogP contribution in [0.15, 0.2) is 12.2 Å². The van der Waals surface area contributed by atoms with Crippen LogP contribution in [-0.4, -0.2) is 38.2 Å². The lowest BCUT2D eigenvalue weighted by Crippen LogP contribution is -2.32. The molecule has 0 rings (SSSR count). The Labute approximate surface area is 86.2 Å². The third-order valence-corrected chi connectivity index (χ3v) is 1.20. The maximum absolute atomic E-state index is 10.8. The van der Waals surface area contributed by atoms with Gasteiger partial charge < -0.3 is 20.5 Å². The second-order valence-electron chi connectivity index (χ2n) is 2.32. The predicted molar refractivity (Wildman–Crippen MR) is 49.7 cm³/mol. The molecule has 0 unspecified atom stereocenters. The molecule has 7 nitrogen and oxygen atoms in total. The first-order valence-corrected chi connectivity index (χ1v) is 4.02. The Morgan fingerprint density at radius 1 is 1.27 bits per heavy atom. The largest absolute Gasteiger partial charge is 0.466 e. The van der Waals surface area contributed by atoms with E-state index in [1.807, 2.05) is 0 Å². The van der Waals surface area contributed by atoms with Gasteiger partial charge in [-0.3, -0.25) is 0 Å². The van der Waals surface area contributed by atoms with Crippen LogP contribution in [0.3, 0.4) is 0 Å². The Bertz CT molecular complexity index is 274. The van der Waals surface area contributed by atoms with Crippen LogP contribution in [0.25, 0.3) is 0 Å². The highest BCUT2D eigenvalue weighted by atomic mass is 16.5. The zero-order chi connectivity index (χ0) is 11.7. The van der Waals surface area contributed by atoms with Crippen molar-refractivity contribution in [2.45, 2.75) is 0 Å². The fraction of sp³-hybridized carbons (Fsp3) is 0.375. The predicted octanol–water partition coefficient (Wildman–Crippen LogP) is -1.07. The minimum absolute atomic E-state index is 0.0205. The minimum atomic E-state index is -0.702. The molecule has 0 saturated carbocycles. The molecule has 0 saturated heterocycles. The molecule has 0 aliphatic rings. The van der Waals surface area contributed by atoms with Gasteiger partial charge in [-0.1, -0.05) is 0 Å². The number of nitrogens with one attached hydrogen (secondary N) is 1. The van der Waals surface area contributed by atoms with Crippen molar-refractivity contribution in [1.29, 1.82) is 0 Å². The van der Waals surface area contributed by atoms with Crippen LogP contribution in [0.2, 0.25) is 0 Å². The molecule has 7 heteroatoms. The number of hydrogen-bond donors (Lipinski definition) is 2. The summed E-state index contributed by atoms with van der Waals surface area (Å²) in [4.78, 5) is 31.6. The molecule has 0 spiro atoms. The normalized spacial score (nSPS) is 9.67. The van der Waals surface area contributed by atoms with Crippen LogP contribution in [-0.2, 0) is 19.1 Å². The summed E-state index contributed by atoms with van der Waals surface area (Å²) in [5.74, 6) is -1.35. The summed E-state index contributed by atoms with van der Waals surface area (Å²) in [5.41, 5.74) is 4.76. The number of primary amides is 1. The summed E-state index contributed by atoms with van der Waals surface area (Å²) in [6.45, 7) is 0.0976. The molecule has 0 aromatic carbocycles. The molecule has 0 radical (unpaired) electrons. The lowest BCUT2D eigenvalue weighted by Gasteiger charge is -2.01. The molecule has 0 aliphatic carbocycles. The van der Waals surface area contributed by atoms with Crippen LogP contribution in [0.1, 0.15) is 0 Å². The second-order valence-corrected chi connectivity index (χ2v) is 2.32. The van der Waals surface area contributed by atoms with E-state index >= 15 is 0 Å². The summed E-state index contributed by atoms with van der Waals surface area (Å²) >= 11 is 0. The van der Waals surface area contributed by atoms with Gasteiger partial charge in [0.25, 0.3) is 0 Å². The molecule has 0 heterocycles. The summed E-state index contributed by atoms with van der Waals surface area (Å²) in [5, 5.41) is 2.22. The van der Waals surface area contributed by atoms with Crippen molar-refractivity contribution < 1.29 is 23.9 Å². The van der Waals surface area contributed by atoms with E-state index in [4.69, 9.17) is 5.73 Å². The van der Waals surface area contributed by atoms with Crippen LogP contribution >= 0.6 is 0 Å². The van der Waals surface area contributed by atoms with Crippen molar-refractivity contribution in [3.05, 3.63) is 12.2 Å². The average Bonchev–Trinajstić information content (AvgIpc) is 2.20. The van der Waals surface area contributed by atoms with Gasteiger partial charge in [0.2, 0.25) is 0 Å². The van der Waals surface area contributed by atoms with Gasteiger partial charge in [0, 0.05) is 12.2 Å². The number of methoxy groups -OCH3 is 1. The first kappa shape index (κ1) is 12.9. The van der Waals surface area contributed by atoms with E-state index in [0.29, 0.717) is 0 Å². The van der Waals surface area contributed by atoms with Crippen LogP contribution in [0, 0.1) is 0 Å². The molecular formula is C8H12N2O5. The summed E-state index contributed by atoms with van der Waals surface area (Å²) in [6.07, 6.45) is 1.86. The molecule has 84 valence electrons. The number of esters is 2. The number of nitrogens with two attached hydrogens (primary N) is 1. The quantitative estimate of drug-likeness (QED) is 0.345. The Kier molecular flexibility index (Phi) is 6.36. The van der Waals surface area contributed by atoms with Gasteiger partial charge in [0.15, 0.2) is 0 Å². The van der Waals surface area contributed by atoms with E-state index < -0.39 is 18.0 Å². The van der Waals surface area contributed by atoms with Crippen molar-refractivity contribution in [2.24, 2.45) is 5.73 Å². The lowest BCUT2D eigenvalue weighted by molar-refractivity contribution is -0.139. The molecule has 0 aromatic heterocycles. The highest BCUT2D eigenvalue weighted by Gasteiger charge is 1.99. The van der Waals surface area contributed by atoms with Crippen molar-refractivity contribution >= 4 is 18.0 Å². The van der Waals surface area contributed by atoms with Gasteiger partial charge >= 0.3 is 18.0 Å². The van der Waals surface area contributed by atoms with Gasteiger partial charge in [-0.25, -0.2) is 14.4 Å². The number of carbonyl (C=O) groups excluding carboxylic acids is 3. The Balaban J connectivity index is 3.62. The number of hydrogen-bond acceptors (Lipinski definition) is 5. The van der Waals surface area contributed by atoms with Crippen LogP contribution in [0.5, 0.6) is 0 Å². The van der Waals surface area contributed by atoms with Crippen molar-refractivity contribution in [1.82, 2.24) is 5.32 Å². The fourth-order valence-electron chi connectivity index (χ4n) is 0.578. The molecule has 3 N–H and O–H groups in total. The molecule has 0 bridgehead atoms. The maximum Gasteiger partial charge on any atom is 0.331 e. The maximum atomic E-state index is 10.8. The second kappa shape index (κ2) is 7.36. The monoisotopic (exact) mass is 216 g/mol. The first-order chi connectivity index (χ1) is 7.06. The first-order valence-electron chi connectivity index (χ1n) is 4.02. The molecule has 0 aromatic rings. The van der Waals surface area contributed by atoms with Crippen molar-refractivity contribution in [3.63, 3.8) is 0 Å². The average molecular weight is 216 g/mol. The van der Waals surface area contributed by atoms with E-state index in [1.165, 1.54) is 7.11 Å². The fourth-order valence-corrected chi connectivity index (χ4v) is 0.578. The molecular weight excluding hydrogens is 204 g/mol. The molecule has 2 amide bonds. The Hall–Kier alpha value is -2.05. The van der Waals surface area contributed by atoms with Gasteiger partial charge in [-0.15, -0.1) is 0 Å². The highest BCUT2D eigenvalue weighted by Crippen LogP contribution is 1.83. The van der Waals surface area contributed by atoms with Gasteiger partial charge in [-0.05, 0) is 0 Å². The summed E-state index contributed by atoms with van der Waals surface area (Å²) in [7, 11) is 1.19. The standard InChI is InChI=1S/C8H12N2O5/c1-14-6(11)2-3-7(12)15-5-4-10-8(9)13/h2-3H,4-5H2,1H3,(H3,9,10,13)/b3-2+. The number of urea groups is 1. The third kappa shape index (κ3) is 8.28. The van der Waals surface area contributed by atoms with Crippen molar-refractivity contribution in [3.8, 4) is 0 Å². The highest BCUT2D eigenvalue weighted by molar-refractivity contribution is 5.91. The van der Waals surface area contributed by atoms with Crippen molar-refractivity contribution in [2.75, 3.05) is 20.3 Å². The van der Waals surface area contributed by atoms with E-state index in [1.54, 1.807) is 0 Å². The number of amides is 2. The Morgan fingerprint density at radius 3 is 2.40 bits per heavy atom. The number of rotatable bonds is 5. The van der Waals surface area contributed by atoms with Gasteiger partial charge in [0.05, 0.1) is 13.7 Å². The topological polar surface area (TPSA) is 108 Å². The minimum Gasteiger partial charge on any atom is -0.466 e. The van der Waals surface area contributed by atoms with Gasteiger partial charge in [0.1, 0.15) is 6.61 Å². The summed E-state index contributed by atoms with van der Waals surface area (Å²) in [6, 6.07) is -0.698.